The zero-order chi connectivity index (χ0) is 12.4. The minimum absolute atomic E-state index is 0.154. The van der Waals surface area contributed by atoms with Gasteiger partial charge in [0.25, 0.3) is 5.92 Å². The number of carbonyl (C=O) groups is 1. The van der Waals surface area contributed by atoms with E-state index in [0.29, 0.717) is 12.8 Å². The normalized spacial score (nSPS) is 28.2. The van der Waals surface area contributed by atoms with Gasteiger partial charge < -0.3 is 4.74 Å². The van der Waals surface area contributed by atoms with E-state index in [1.54, 1.807) is 20.8 Å². The van der Waals surface area contributed by atoms with Gasteiger partial charge >= 0.3 is 5.97 Å². The molecule has 0 heterocycles. The first-order valence-corrected chi connectivity index (χ1v) is 5.86. The van der Waals surface area contributed by atoms with Crippen LogP contribution in [0.15, 0.2) is 0 Å². The van der Waals surface area contributed by atoms with Gasteiger partial charge in [-0.2, -0.15) is 0 Å². The van der Waals surface area contributed by atoms with Crippen molar-refractivity contribution in [2.24, 2.45) is 11.3 Å². The molecule has 0 aromatic rings. The van der Waals surface area contributed by atoms with Crippen molar-refractivity contribution in [3.8, 4) is 0 Å². The lowest BCUT2D eigenvalue weighted by Crippen LogP contribution is -2.44. The summed E-state index contributed by atoms with van der Waals surface area (Å²) >= 11 is 0. The van der Waals surface area contributed by atoms with Gasteiger partial charge in [0.2, 0.25) is 0 Å². The Balaban J connectivity index is 2.98. The van der Waals surface area contributed by atoms with Crippen LogP contribution in [0.25, 0.3) is 0 Å². The molecule has 1 atom stereocenters. The van der Waals surface area contributed by atoms with Gasteiger partial charge in [-0.25, -0.2) is 8.78 Å². The third kappa shape index (κ3) is 2.71. The van der Waals surface area contributed by atoms with Gasteiger partial charge in [-0.3, -0.25) is 4.79 Å². The van der Waals surface area contributed by atoms with Crippen LogP contribution in [0.3, 0.4) is 0 Å². The highest BCUT2D eigenvalue weighted by molar-refractivity contribution is 5.74. The van der Waals surface area contributed by atoms with E-state index in [-0.39, 0.29) is 13.0 Å². The molecule has 0 amide bonds. The van der Waals surface area contributed by atoms with E-state index in [4.69, 9.17) is 4.74 Å². The number of ether oxygens (including phenoxy) is 1. The molecule has 0 bridgehead atoms. The second-order valence-corrected chi connectivity index (χ2v) is 5.14. The highest BCUT2D eigenvalue weighted by atomic mass is 19.3. The largest absolute Gasteiger partial charge is 0.466 e. The number of hydrogen-bond acceptors (Lipinski definition) is 2. The van der Waals surface area contributed by atoms with E-state index >= 15 is 0 Å². The molecule has 1 saturated carbocycles. The average Bonchev–Trinajstić information content (AvgIpc) is 2.21. The van der Waals surface area contributed by atoms with Crippen LogP contribution >= 0.6 is 0 Å². The van der Waals surface area contributed by atoms with Crippen LogP contribution in [0.1, 0.15) is 46.5 Å². The first-order valence-electron chi connectivity index (χ1n) is 5.86. The van der Waals surface area contributed by atoms with E-state index in [9.17, 15) is 13.6 Å². The molecule has 2 nitrogen and oxygen atoms in total. The van der Waals surface area contributed by atoms with Gasteiger partial charge in [-0.1, -0.05) is 20.3 Å². The van der Waals surface area contributed by atoms with Crippen LogP contribution in [0.2, 0.25) is 0 Å². The van der Waals surface area contributed by atoms with Gasteiger partial charge in [0.05, 0.1) is 6.61 Å². The Bertz CT molecular complexity index is 244. The standard InChI is InChI=1S/C12H20F2O2/c1-4-16-10(15)9-11(2,3)7-5-6-8-12(9,13)14/h9H,4-8H2,1-3H3/t9-/m1/s1. The lowest BCUT2D eigenvalue weighted by molar-refractivity contribution is -0.174. The van der Waals surface area contributed by atoms with Crippen molar-refractivity contribution < 1.29 is 18.3 Å². The molecule has 0 aromatic carbocycles. The Kier molecular flexibility index (Phi) is 3.92. The summed E-state index contributed by atoms with van der Waals surface area (Å²) in [5, 5.41) is 0. The zero-order valence-electron chi connectivity index (χ0n) is 10.2. The Morgan fingerprint density at radius 2 is 1.88 bits per heavy atom. The van der Waals surface area contributed by atoms with Gasteiger partial charge in [-0.15, -0.1) is 0 Å². The Hall–Kier alpha value is -0.670. The minimum Gasteiger partial charge on any atom is -0.466 e. The second-order valence-electron chi connectivity index (χ2n) is 5.14. The Morgan fingerprint density at radius 1 is 1.31 bits per heavy atom. The summed E-state index contributed by atoms with van der Waals surface area (Å²) in [7, 11) is 0. The topological polar surface area (TPSA) is 26.3 Å². The summed E-state index contributed by atoms with van der Waals surface area (Å²) in [4.78, 5) is 11.7. The fourth-order valence-corrected chi connectivity index (χ4v) is 2.52. The smallest absolute Gasteiger partial charge is 0.315 e. The first-order chi connectivity index (χ1) is 7.31. The van der Waals surface area contributed by atoms with Crippen molar-refractivity contribution in [2.45, 2.75) is 52.4 Å². The SMILES string of the molecule is CCOC(=O)[C@@H]1C(C)(C)CCCCC1(F)F. The van der Waals surface area contributed by atoms with Crippen molar-refractivity contribution in [3.63, 3.8) is 0 Å². The fourth-order valence-electron chi connectivity index (χ4n) is 2.52. The van der Waals surface area contributed by atoms with Crippen molar-refractivity contribution >= 4 is 5.97 Å². The van der Waals surface area contributed by atoms with Gasteiger partial charge in [0.15, 0.2) is 0 Å². The van der Waals surface area contributed by atoms with E-state index in [1.165, 1.54) is 0 Å². The lowest BCUT2D eigenvalue weighted by atomic mass is 9.73. The molecule has 0 unspecified atom stereocenters. The predicted molar refractivity (Wildman–Crippen MR) is 57.3 cm³/mol. The average molecular weight is 234 g/mol. The van der Waals surface area contributed by atoms with Crippen molar-refractivity contribution in [1.82, 2.24) is 0 Å². The molecule has 0 radical (unpaired) electrons. The number of carbonyl (C=O) groups excluding carboxylic acids is 1. The van der Waals surface area contributed by atoms with Crippen LogP contribution < -0.4 is 0 Å². The highest BCUT2D eigenvalue weighted by Gasteiger charge is 2.54. The molecule has 4 heteroatoms. The number of esters is 1. The van der Waals surface area contributed by atoms with Crippen LogP contribution in [-0.4, -0.2) is 18.5 Å². The van der Waals surface area contributed by atoms with Crippen LogP contribution in [0.5, 0.6) is 0 Å². The summed E-state index contributed by atoms with van der Waals surface area (Å²) < 4.78 is 32.6. The van der Waals surface area contributed by atoms with E-state index < -0.39 is 23.2 Å². The molecule has 1 rings (SSSR count). The summed E-state index contributed by atoms with van der Waals surface area (Å²) in [6, 6.07) is 0. The molecule has 0 N–H and O–H groups in total. The van der Waals surface area contributed by atoms with Crippen LogP contribution in [0, 0.1) is 11.3 Å². The predicted octanol–water partition coefficient (Wildman–Crippen LogP) is 3.40. The first kappa shape index (κ1) is 13.4. The summed E-state index contributed by atoms with van der Waals surface area (Å²) in [6.45, 7) is 5.25. The Morgan fingerprint density at radius 3 is 2.44 bits per heavy atom. The molecule has 0 spiro atoms. The maximum Gasteiger partial charge on any atom is 0.315 e. The molecule has 0 aromatic heterocycles. The van der Waals surface area contributed by atoms with Gasteiger partial charge in [0.1, 0.15) is 5.92 Å². The van der Waals surface area contributed by atoms with E-state index in [0.717, 1.165) is 6.42 Å². The van der Waals surface area contributed by atoms with Gasteiger partial charge in [-0.05, 0) is 25.2 Å². The van der Waals surface area contributed by atoms with Gasteiger partial charge in [0, 0.05) is 6.42 Å². The third-order valence-corrected chi connectivity index (χ3v) is 3.31. The minimum atomic E-state index is -2.94. The number of hydrogen-bond donors (Lipinski definition) is 0. The summed E-state index contributed by atoms with van der Waals surface area (Å²) in [5.41, 5.74) is -0.688. The van der Waals surface area contributed by atoms with Crippen molar-refractivity contribution in [1.29, 1.82) is 0 Å². The van der Waals surface area contributed by atoms with E-state index in [2.05, 4.69) is 0 Å². The van der Waals surface area contributed by atoms with Crippen LogP contribution in [-0.2, 0) is 9.53 Å². The van der Waals surface area contributed by atoms with Crippen molar-refractivity contribution in [3.05, 3.63) is 0 Å². The number of rotatable bonds is 2. The molecule has 1 aliphatic carbocycles. The van der Waals surface area contributed by atoms with Crippen LogP contribution in [0.4, 0.5) is 8.78 Å². The molecular weight excluding hydrogens is 214 g/mol. The molecular formula is C12H20F2O2. The molecule has 0 aliphatic heterocycles. The molecule has 0 saturated heterocycles. The molecule has 94 valence electrons. The maximum absolute atomic E-state index is 13.9. The zero-order valence-corrected chi connectivity index (χ0v) is 10.2. The highest BCUT2D eigenvalue weighted by Crippen LogP contribution is 2.47. The summed E-state index contributed by atoms with van der Waals surface area (Å²) in [6.07, 6.45) is 1.66. The number of halogens is 2. The monoisotopic (exact) mass is 234 g/mol. The molecule has 16 heavy (non-hydrogen) atoms. The third-order valence-electron chi connectivity index (χ3n) is 3.31. The summed E-state index contributed by atoms with van der Waals surface area (Å²) in [5.74, 6) is -4.99. The quantitative estimate of drug-likeness (QED) is 0.540. The second kappa shape index (κ2) is 4.68. The Labute approximate surface area is 95.4 Å². The molecule has 1 fully saturated rings. The van der Waals surface area contributed by atoms with Crippen molar-refractivity contribution in [2.75, 3.05) is 6.61 Å². The molecule has 1 aliphatic rings. The fraction of sp³-hybridized carbons (Fsp3) is 0.917. The number of alkyl halides is 2. The maximum atomic E-state index is 13.9. The van der Waals surface area contributed by atoms with E-state index in [1.807, 2.05) is 0 Å². The lowest BCUT2D eigenvalue weighted by Gasteiger charge is -2.35.